The molecule has 0 bridgehead atoms. The lowest BCUT2D eigenvalue weighted by Crippen LogP contribution is -2.38. The number of H-pyrrole nitrogens is 1. The second kappa shape index (κ2) is 8.99. The number of nitrogens with zero attached hydrogens (tertiary/aromatic N) is 2. The molecule has 33 heavy (non-hydrogen) atoms. The molecule has 0 aliphatic carbocycles. The van der Waals surface area contributed by atoms with E-state index in [2.05, 4.69) is 9.97 Å². The number of nitrogens with one attached hydrogen (secondary N) is 1. The first-order chi connectivity index (χ1) is 16.1. The third-order valence-corrected chi connectivity index (χ3v) is 6.77. The van der Waals surface area contributed by atoms with Crippen molar-refractivity contribution in [1.82, 2.24) is 14.9 Å². The maximum atomic E-state index is 12.8. The molecule has 0 saturated carbocycles. The molecule has 2 aromatic carbocycles. The Labute approximate surface area is 193 Å². The van der Waals surface area contributed by atoms with Gasteiger partial charge >= 0.3 is 5.97 Å². The number of aromatic amines is 1. The lowest BCUT2D eigenvalue weighted by atomic mass is 10.0. The highest BCUT2D eigenvalue weighted by atomic mass is 32.1. The molecule has 8 heteroatoms. The third kappa shape index (κ3) is 4.42. The minimum Gasteiger partial charge on any atom is -0.452 e. The Morgan fingerprint density at radius 2 is 1.91 bits per heavy atom. The predicted octanol–water partition coefficient (Wildman–Crippen LogP) is 3.32. The number of hydrogen-bond acceptors (Lipinski definition) is 6. The lowest BCUT2D eigenvalue weighted by Gasteiger charge is -2.26. The van der Waals surface area contributed by atoms with Gasteiger partial charge in [-0.15, -0.1) is 11.3 Å². The van der Waals surface area contributed by atoms with Gasteiger partial charge in [0.05, 0.1) is 16.5 Å². The summed E-state index contributed by atoms with van der Waals surface area (Å²) in [6.45, 7) is 0.867. The highest BCUT2D eigenvalue weighted by Gasteiger charge is 2.23. The Kier molecular flexibility index (Phi) is 5.75. The molecule has 1 aliphatic heterocycles. The molecule has 2 aromatic heterocycles. The molecule has 1 N–H and O–H groups in total. The Balaban J connectivity index is 1.28. The van der Waals surface area contributed by atoms with E-state index in [1.54, 1.807) is 52.6 Å². The summed E-state index contributed by atoms with van der Waals surface area (Å²) in [7, 11) is 0. The molecule has 4 aromatic rings. The van der Waals surface area contributed by atoms with Crippen molar-refractivity contribution >= 4 is 34.1 Å². The molecule has 1 amide bonds. The molecule has 0 unspecified atom stereocenters. The van der Waals surface area contributed by atoms with Crippen LogP contribution in [0.4, 0.5) is 0 Å². The number of carbonyl (C=O) groups is 2. The number of thiophene rings is 1. The van der Waals surface area contributed by atoms with E-state index in [1.165, 1.54) is 4.88 Å². The van der Waals surface area contributed by atoms with Crippen LogP contribution in [0.3, 0.4) is 0 Å². The van der Waals surface area contributed by atoms with Crippen molar-refractivity contribution in [1.29, 1.82) is 0 Å². The average Bonchev–Trinajstić information content (AvgIpc) is 3.31. The number of aromatic nitrogens is 2. The van der Waals surface area contributed by atoms with Gasteiger partial charge < -0.3 is 14.6 Å². The number of ether oxygens (including phenoxy) is 1. The smallest absolute Gasteiger partial charge is 0.338 e. The Hall–Kier alpha value is -3.78. The van der Waals surface area contributed by atoms with E-state index in [0.717, 1.165) is 12.0 Å². The number of carbonyl (C=O) groups excluding carboxylic acids is 2. The Morgan fingerprint density at radius 1 is 1.09 bits per heavy atom. The van der Waals surface area contributed by atoms with Gasteiger partial charge in [0.1, 0.15) is 5.82 Å². The van der Waals surface area contributed by atoms with Crippen LogP contribution >= 0.6 is 11.3 Å². The standard InChI is InChI=1S/C25H21N3O4S/c29-23(28-11-9-21-17(14-28)10-12-33-21)15-32-25(31)18-6-2-1-5-16(18)13-22-26-20-8-4-3-7-19(20)24(30)27-22/h1-8,10,12H,9,11,13-15H2,(H,26,27,30). The largest absolute Gasteiger partial charge is 0.452 e. The molecule has 7 nitrogen and oxygen atoms in total. The van der Waals surface area contributed by atoms with Crippen LogP contribution in [-0.2, 0) is 28.9 Å². The zero-order chi connectivity index (χ0) is 22.8. The number of esters is 1. The van der Waals surface area contributed by atoms with E-state index in [4.69, 9.17) is 4.74 Å². The van der Waals surface area contributed by atoms with Gasteiger partial charge in [0.25, 0.3) is 11.5 Å². The molecule has 3 heterocycles. The SMILES string of the molecule is O=C(OCC(=O)N1CCc2sccc2C1)c1ccccc1Cc1nc2ccccc2c(=O)[nH]1. The van der Waals surface area contributed by atoms with Crippen molar-refractivity contribution in [2.75, 3.05) is 13.2 Å². The van der Waals surface area contributed by atoms with Gasteiger partial charge in [-0.2, -0.15) is 0 Å². The summed E-state index contributed by atoms with van der Waals surface area (Å²) in [5.74, 6) is -0.330. The summed E-state index contributed by atoms with van der Waals surface area (Å²) in [6.07, 6.45) is 1.08. The van der Waals surface area contributed by atoms with Crippen LogP contribution in [0.1, 0.15) is 32.2 Å². The first-order valence-electron chi connectivity index (χ1n) is 10.6. The van der Waals surface area contributed by atoms with E-state index in [9.17, 15) is 14.4 Å². The zero-order valence-corrected chi connectivity index (χ0v) is 18.6. The van der Waals surface area contributed by atoms with Crippen molar-refractivity contribution in [3.05, 3.63) is 97.7 Å². The van der Waals surface area contributed by atoms with E-state index in [-0.39, 0.29) is 24.5 Å². The average molecular weight is 460 g/mol. The summed E-state index contributed by atoms with van der Waals surface area (Å²) in [5.41, 5.74) is 2.54. The summed E-state index contributed by atoms with van der Waals surface area (Å²) < 4.78 is 5.37. The summed E-state index contributed by atoms with van der Waals surface area (Å²) >= 11 is 1.71. The number of rotatable bonds is 5. The highest BCUT2D eigenvalue weighted by molar-refractivity contribution is 7.10. The van der Waals surface area contributed by atoms with Crippen LogP contribution in [0.25, 0.3) is 10.9 Å². The van der Waals surface area contributed by atoms with Crippen LogP contribution < -0.4 is 5.56 Å². The van der Waals surface area contributed by atoms with Gasteiger partial charge in [0.15, 0.2) is 6.61 Å². The second-order valence-electron chi connectivity index (χ2n) is 7.87. The van der Waals surface area contributed by atoms with Crippen molar-refractivity contribution in [3.63, 3.8) is 0 Å². The number of amides is 1. The van der Waals surface area contributed by atoms with Gasteiger partial charge in [-0.05, 0) is 47.2 Å². The molecule has 1 aliphatic rings. The molecule has 0 spiro atoms. The van der Waals surface area contributed by atoms with Gasteiger partial charge in [0.2, 0.25) is 0 Å². The van der Waals surface area contributed by atoms with Gasteiger partial charge in [-0.25, -0.2) is 9.78 Å². The summed E-state index contributed by atoms with van der Waals surface area (Å²) in [4.78, 5) is 48.1. The fraction of sp³-hybridized carbons (Fsp3) is 0.200. The number of para-hydroxylation sites is 1. The van der Waals surface area contributed by atoms with Crippen molar-refractivity contribution in [2.24, 2.45) is 0 Å². The molecular weight excluding hydrogens is 438 g/mol. The summed E-state index contributed by atoms with van der Waals surface area (Å²) in [5, 5.41) is 2.55. The van der Waals surface area contributed by atoms with Crippen molar-refractivity contribution < 1.29 is 14.3 Å². The van der Waals surface area contributed by atoms with E-state index in [0.29, 0.717) is 40.9 Å². The van der Waals surface area contributed by atoms with Crippen molar-refractivity contribution in [3.8, 4) is 0 Å². The van der Waals surface area contributed by atoms with Crippen molar-refractivity contribution in [2.45, 2.75) is 19.4 Å². The molecule has 5 rings (SSSR count). The topological polar surface area (TPSA) is 92.4 Å². The quantitative estimate of drug-likeness (QED) is 0.462. The zero-order valence-electron chi connectivity index (χ0n) is 17.7. The van der Waals surface area contributed by atoms with E-state index >= 15 is 0 Å². The van der Waals surface area contributed by atoms with E-state index in [1.807, 2.05) is 23.6 Å². The minimum atomic E-state index is -0.574. The highest BCUT2D eigenvalue weighted by Crippen LogP contribution is 2.24. The molecule has 166 valence electrons. The normalized spacial score (nSPS) is 13.0. The maximum Gasteiger partial charge on any atom is 0.338 e. The molecule has 0 fully saturated rings. The minimum absolute atomic E-state index is 0.210. The van der Waals surface area contributed by atoms with Gasteiger partial charge in [-0.1, -0.05) is 30.3 Å². The lowest BCUT2D eigenvalue weighted by molar-refractivity contribution is -0.135. The van der Waals surface area contributed by atoms with Gasteiger partial charge in [0, 0.05) is 24.4 Å². The number of hydrogen-bond donors (Lipinski definition) is 1. The molecule has 0 radical (unpaired) electrons. The predicted molar refractivity (Wildman–Crippen MR) is 125 cm³/mol. The van der Waals surface area contributed by atoms with Crippen LogP contribution in [0, 0.1) is 0 Å². The third-order valence-electron chi connectivity index (χ3n) is 5.74. The second-order valence-corrected chi connectivity index (χ2v) is 8.87. The van der Waals surface area contributed by atoms with Crippen LogP contribution in [0.15, 0.2) is 64.8 Å². The Bertz CT molecular complexity index is 1410. The molecule has 0 atom stereocenters. The van der Waals surface area contributed by atoms with Gasteiger partial charge in [-0.3, -0.25) is 9.59 Å². The van der Waals surface area contributed by atoms with E-state index < -0.39 is 5.97 Å². The number of fused-ring (bicyclic) bond motifs is 2. The summed E-state index contributed by atoms with van der Waals surface area (Å²) in [6, 6.07) is 16.1. The number of benzene rings is 2. The Morgan fingerprint density at radius 3 is 2.82 bits per heavy atom. The molecular formula is C25H21N3O4S. The fourth-order valence-corrected chi connectivity index (χ4v) is 4.92. The monoisotopic (exact) mass is 459 g/mol. The first kappa shape index (κ1) is 21.1. The fourth-order valence-electron chi connectivity index (χ4n) is 4.03. The van der Waals surface area contributed by atoms with Crippen LogP contribution in [-0.4, -0.2) is 39.9 Å². The molecule has 0 saturated heterocycles. The van der Waals surface area contributed by atoms with Crippen LogP contribution in [0.5, 0.6) is 0 Å². The van der Waals surface area contributed by atoms with Crippen LogP contribution in [0.2, 0.25) is 0 Å². The maximum absolute atomic E-state index is 12.8. The first-order valence-corrected chi connectivity index (χ1v) is 11.5.